The van der Waals surface area contributed by atoms with Crippen LogP contribution in [0.5, 0.6) is 0 Å². The van der Waals surface area contributed by atoms with Crippen molar-refractivity contribution in [1.29, 1.82) is 0 Å². The first-order valence-electron chi connectivity index (χ1n) is 5.94. The number of nitrogens with two attached hydrogens (primary N) is 1. The van der Waals surface area contributed by atoms with E-state index >= 15 is 0 Å². The Balaban J connectivity index is 1.77. The number of allylic oxidation sites excluding steroid dienone is 1. The van der Waals surface area contributed by atoms with Gasteiger partial charge in [0.25, 0.3) is 0 Å². The molecule has 0 spiro atoms. The van der Waals surface area contributed by atoms with E-state index in [0.29, 0.717) is 23.0 Å². The average Bonchev–Trinajstić information content (AvgIpc) is 3.05. The Labute approximate surface area is 115 Å². The highest BCUT2D eigenvalue weighted by Crippen LogP contribution is 2.41. The first-order chi connectivity index (χ1) is 8.74. The predicted octanol–water partition coefficient (Wildman–Crippen LogP) is 1.99. The molecular formula is C12H14N4S2. The van der Waals surface area contributed by atoms with Gasteiger partial charge in [-0.3, -0.25) is 0 Å². The van der Waals surface area contributed by atoms with E-state index < -0.39 is 0 Å². The maximum atomic E-state index is 5.79. The van der Waals surface area contributed by atoms with Crippen molar-refractivity contribution in [2.24, 2.45) is 22.7 Å². The third-order valence-corrected chi connectivity index (χ3v) is 4.42. The number of hydrogen-bond donors (Lipinski definition) is 1. The maximum Gasteiger partial charge on any atom is 0.187 e. The Morgan fingerprint density at radius 1 is 1.56 bits per heavy atom. The van der Waals surface area contributed by atoms with E-state index in [9.17, 15) is 0 Å². The van der Waals surface area contributed by atoms with Gasteiger partial charge in [-0.25, -0.2) is 9.99 Å². The number of thiocarbonyl (C=S) groups is 1. The minimum atomic E-state index is 0.314. The topological polar surface area (TPSA) is 54.5 Å². The van der Waals surface area contributed by atoms with Gasteiger partial charge in [0.05, 0.1) is 12.3 Å². The van der Waals surface area contributed by atoms with Crippen molar-refractivity contribution < 1.29 is 0 Å². The SMILES string of the molecule is NC(=S)N(N=Cc1nccs1)C1CC2C=CC1C2. The standard InChI is InChI=1S/C12H14N4S2/c13-12(17)16(15-7-11-14-3-4-18-11)10-6-8-1-2-9(10)5-8/h1-4,7-10H,5-6H2,(H2,13,17). The van der Waals surface area contributed by atoms with Gasteiger partial charge >= 0.3 is 0 Å². The zero-order chi connectivity index (χ0) is 12.5. The third kappa shape index (κ3) is 2.18. The quantitative estimate of drug-likeness (QED) is 0.397. The Morgan fingerprint density at radius 3 is 3.00 bits per heavy atom. The molecule has 0 aromatic carbocycles. The van der Waals surface area contributed by atoms with Crippen LogP contribution in [0.3, 0.4) is 0 Å². The van der Waals surface area contributed by atoms with E-state index in [1.807, 2.05) is 5.38 Å². The van der Waals surface area contributed by atoms with Crippen molar-refractivity contribution in [2.45, 2.75) is 18.9 Å². The summed E-state index contributed by atoms with van der Waals surface area (Å²) in [7, 11) is 0. The highest BCUT2D eigenvalue weighted by atomic mass is 32.1. The molecule has 2 aliphatic carbocycles. The van der Waals surface area contributed by atoms with Crippen LogP contribution in [0.15, 0.2) is 28.8 Å². The molecular weight excluding hydrogens is 264 g/mol. The molecule has 0 amide bonds. The Bertz CT molecular complexity index is 494. The number of fused-ring (bicyclic) bond motifs is 2. The van der Waals surface area contributed by atoms with Crippen LogP contribution in [-0.4, -0.2) is 27.4 Å². The van der Waals surface area contributed by atoms with Crippen LogP contribution in [-0.2, 0) is 0 Å². The van der Waals surface area contributed by atoms with E-state index in [0.717, 1.165) is 11.4 Å². The van der Waals surface area contributed by atoms with Crippen molar-refractivity contribution in [2.75, 3.05) is 0 Å². The molecule has 3 atom stereocenters. The van der Waals surface area contributed by atoms with E-state index in [-0.39, 0.29) is 0 Å². The van der Waals surface area contributed by atoms with Crippen molar-refractivity contribution in [3.8, 4) is 0 Å². The molecule has 3 rings (SSSR count). The first kappa shape index (κ1) is 11.8. The summed E-state index contributed by atoms with van der Waals surface area (Å²) in [5.41, 5.74) is 5.79. The Hall–Kier alpha value is -1.27. The van der Waals surface area contributed by atoms with Gasteiger partial charge in [-0.05, 0) is 36.9 Å². The van der Waals surface area contributed by atoms with Crippen LogP contribution in [0, 0.1) is 11.8 Å². The molecule has 2 N–H and O–H groups in total. The van der Waals surface area contributed by atoms with Gasteiger partial charge in [-0.1, -0.05) is 12.2 Å². The first-order valence-corrected chi connectivity index (χ1v) is 7.23. The van der Waals surface area contributed by atoms with E-state index in [2.05, 4.69) is 22.2 Å². The van der Waals surface area contributed by atoms with Gasteiger partial charge in [-0.2, -0.15) is 5.10 Å². The van der Waals surface area contributed by atoms with Crippen molar-refractivity contribution in [3.05, 3.63) is 28.7 Å². The summed E-state index contributed by atoms with van der Waals surface area (Å²) in [5.74, 6) is 1.21. The Morgan fingerprint density at radius 2 is 2.44 bits per heavy atom. The number of aromatic nitrogens is 1. The summed E-state index contributed by atoms with van der Waals surface area (Å²) in [6.07, 6.45) is 10.4. The lowest BCUT2D eigenvalue weighted by Crippen LogP contribution is -2.41. The lowest BCUT2D eigenvalue weighted by molar-refractivity contribution is 0.288. The molecule has 1 saturated carbocycles. The molecule has 1 heterocycles. The monoisotopic (exact) mass is 278 g/mol. The summed E-state index contributed by atoms with van der Waals surface area (Å²) in [6, 6.07) is 0.314. The summed E-state index contributed by atoms with van der Waals surface area (Å²) in [5, 5.41) is 9.34. The number of hydrazone groups is 1. The molecule has 0 saturated heterocycles. The van der Waals surface area contributed by atoms with Crippen LogP contribution >= 0.6 is 23.6 Å². The molecule has 1 fully saturated rings. The van der Waals surface area contributed by atoms with E-state index in [4.69, 9.17) is 18.0 Å². The van der Waals surface area contributed by atoms with Gasteiger partial charge in [0.2, 0.25) is 0 Å². The number of thiazole rings is 1. The van der Waals surface area contributed by atoms with Crippen molar-refractivity contribution in [3.63, 3.8) is 0 Å². The third-order valence-electron chi connectivity index (χ3n) is 3.53. The molecule has 6 heteroatoms. The molecule has 94 valence electrons. The second-order valence-electron chi connectivity index (χ2n) is 4.65. The molecule has 0 aliphatic heterocycles. The smallest absolute Gasteiger partial charge is 0.187 e. The number of nitrogens with zero attached hydrogens (tertiary/aromatic N) is 3. The highest BCUT2D eigenvalue weighted by Gasteiger charge is 2.39. The minimum absolute atomic E-state index is 0.314. The molecule has 1 aromatic rings. The normalized spacial score (nSPS) is 29.2. The second kappa shape index (κ2) is 4.78. The predicted molar refractivity (Wildman–Crippen MR) is 77.5 cm³/mol. The van der Waals surface area contributed by atoms with Crippen molar-refractivity contribution in [1.82, 2.24) is 9.99 Å². The molecule has 2 bridgehead atoms. The van der Waals surface area contributed by atoms with Crippen LogP contribution in [0.1, 0.15) is 17.8 Å². The Kier molecular flexibility index (Phi) is 3.13. The number of rotatable bonds is 3. The highest BCUT2D eigenvalue weighted by molar-refractivity contribution is 7.80. The molecule has 3 unspecified atom stereocenters. The molecule has 18 heavy (non-hydrogen) atoms. The lowest BCUT2D eigenvalue weighted by Gasteiger charge is -2.28. The fourth-order valence-electron chi connectivity index (χ4n) is 2.75. The molecule has 4 nitrogen and oxygen atoms in total. The largest absolute Gasteiger partial charge is 0.375 e. The average molecular weight is 278 g/mol. The van der Waals surface area contributed by atoms with Gasteiger partial charge in [0.1, 0.15) is 5.01 Å². The van der Waals surface area contributed by atoms with E-state index in [1.165, 1.54) is 6.42 Å². The van der Waals surface area contributed by atoms with Crippen LogP contribution in [0.25, 0.3) is 0 Å². The second-order valence-corrected chi connectivity index (χ2v) is 5.99. The van der Waals surface area contributed by atoms with Gasteiger partial charge < -0.3 is 5.73 Å². The summed E-state index contributed by atoms with van der Waals surface area (Å²) in [4.78, 5) is 4.17. The summed E-state index contributed by atoms with van der Waals surface area (Å²) >= 11 is 6.66. The minimum Gasteiger partial charge on any atom is -0.375 e. The van der Waals surface area contributed by atoms with Crippen molar-refractivity contribution >= 4 is 34.9 Å². The zero-order valence-electron chi connectivity index (χ0n) is 9.77. The van der Waals surface area contributed by atoms with Crippen LogP contribution < -0.4 is 5.73 Å². The van der Waals surface area contributed by atoms with E-state index in [1.54, 1.807) is 28.8 Å². The molecule has 2 aliphatic rings. The van der Waals surface area contributed by atoms with Crippen LogP contribution in [0.4, 0.5) is 0 Å². The fourth-order valence-corrected chi connectivity index (χ4v) is 3.42. The van der Waals surface area contributed by atoms with Gasteiger partial charge in [-0.15, -0.1) is 11.3 Å². The molecule has 0 radical (unpaired) electrons. The fraction of sp³-hybridized carbons (Fsp3) is 0.417. The zero-order valence-corrected chi connectivity index (χ0v) is 11.4. The lowest BCUT2D eigenvalue weighted by atomic mass is 10.0. The summed E-state index contributed by atoms with van der Waals surface area (Å²) in [6.45, 7) is 0. The maximum absolute atomic E-state index is 5.79. The van der Waals surface area contributed by atoms with Gasteiger partial charge in [0.15, 0.2) is 5.11 Å². The van der Waals surface area contributed by atoms with Crippen LogP contribution in [0.2, 0.25) is 0 Å². The number of hydrogen-bond acceptors (Lipinski definition) is 4. The summed E-state index contributed by atoms with van der Waals surface area (Å²) < 4.78 is 0. The van der Waals surface area contributed by atoms with Gasteiger partial charge in [0, 0.05) is 11.6 Å². The molecule has 1 aromatic heterocycles.